The summed E-state index contributed by atoms with van der Waals surface area (Å²) in [6.07, 6.45) is 6.21. The molecule has 2 saturated heterocycles. The van der Waals surface area contributed by atoms with Crippen molar-refractivity contribution in [3.63, 3.8) is 0 Å². The molecular weight excluding hydrogens is 322 g/mol. The predicted octanol–water partition coefficient (Wildman–Crippen LogP) is 3.41. The minimum Gasteiger partial charge on any atom is -0.462 e. The van der Waals surface area contributed by atoms with Gasteiger partial charge in [-0.3, -0.25) is 4.79 Å². The fourth-order valence-corrected chi connectivity index (χ4v) is 4.69. The van der Waals surface area contributed by atoms with Crippen molar-refractivity contribution in [1.29, 1.82) is 0 Å². The van der Waals surface area contributed by atoms with Gasteiger partial charge in [0.1, 0.15) is 12.0 Å². The van der Waals surface area contributed by atoms with E-state index in [1.165, 1.54) is 12.8 Å². The van der Waals surface area contributed by atoms with Gasteiger partial charge in [0.25, 0.3) is 5.91 Å². The van der Waals surface area contributed by atoms with E-state index >= 15 is 0 Å². The zero-order chi connectivity index (χ0) is 16.7. The molecule has 5 nitrogen and oxygen atoms in total. The molecule has 2 aliphatic rings. The molecule has 0 saturated carbocycles. The highest BCUT2D eigenvalue weighted by atomic mass is 32.1. The standard InChI is InChI=1S/C18H23N3O2S/c1-12-19-14(11-24-12)17-9-13(10-23-17)18(22)21-8-4-6-16(21)15-5-3-7-20(15)2/h9-11,15-16H,3-8H2,1-2H3/t15-,16-/m0/s1. The first-order valence-electron chi connectivity index (χ1n) is 8.66. The second-order valence-corrected chi connectivity index (χ2v) is 7.91. The van der Waals surface area contributed by atoms with E-state index < -0.39 is 0 Å². The second kappa shape index (κ2) is 6.33. The highest BCUT2D eigenvalue weighted by Gasteiger charge is 2.38. The lowest BCUT2D eigenvalue weighted by Gasteiger charge is -2.33. The van der Waals surface area contributed by atoms with Gasteiger partial charge in [-0.2, -0.15) is 0 Å². The summed E-state index contributed by atoms with van der Waals surface area (Å²) < 4.78 is 5.61. The van der Waals surface area contributed by atoms with Crippen molar-refractivity contribution in [2.24, 2.45) is 0 Å². The van der Waals surface area contributed by atoms with E-state index in [1.807, 2.05) is 18.4 Å². The molecule has 4 rings (SSSR count). The third-order valence-electron chi connectivity index (χ3n) is 5.30. The van der Waals surface area contributed by atoms with Crippen LogP contribution in [-0.4, -0.2) is 52.9 Å². The highest BCUT2D eigenvalue weighted by molar-refractivity contribution is 7.09. The SMILES string of the molecule is Cc1nc(-c2cc(C(=O)N3CCC[C@H]3[C@@H]3CCCN3C)co2)cs1. The number of nitrogens with zero attached hydrogens (tertiary/aromatic N) is 3. The van der Waals surface area contributed by atoms with Gasteiger partial charge in [-0.1, -0.05) is 0 Å². The first-order chi connectivity index (χ1) is 11.6. The number of amides is 1. The number of rotatable bonds is 3. The topological polar surface area (TPSA) is 49.6 Å². The van der Waals surface area contributed by atoms with Gasteiger partial charge in [-0.25, -0.2) is 4.98 Å². The van der Waals surface area contributed by atoms with Gasteiger partial charge in [0.2, 0.25) is 0 Å². The van der Waals surface area contributed by atoms with Crippen molar-refractivity contribution >= 4 is 17.2 Å². The first kappa shape index (κ1) is 15.8. The van der Waals surface area contributed by atoms with E-state index in [9.17, 15) is 4.79 Å². The normalized spacial score (nSPS) is 24.8. The van der Waals surface area contributed by atoms with Crippen molar-refractivity contribution in [3.05, 3.63) is 28.3 Å². The lowest BCUT2D eigenvalue weighted by Crippen LogP contribution is -2.47. The van der Waals surface area contributed by atoms with E-state index in [0.717, 1.165) is 36.6 Å². The van der Waals surface area contributed by atoms with Gasteiger partial charge in [-0.15, -0.1) is 11.3 Å². The van der Waals surface area contributed by atoms with Crippen LogP contribution in [0.3, 0.4) is 0 Å². The van der Waals surface area contributed by atoms with Crippen molar-refractivity contribution in [2.45, 2.75) is 44.7 Å². The largest absolute Gasteiger partial charge is 0.462 e. The molecule has 1 amide bonds. The molecule has 128 valence electrons. The summed E-state index contributed by atoms with van der Waals surface area (Å²) in [4.78, 5) is 21.9. The second-order valence-electron chi connectivity index (χ2n) is 6.85. The van der Waals surface area contributed by atoms with Gasteiger partial charge < -0.3 is 14.2 Å². The Kier molecular flexibility index (Phi) is 4.18. The van der Waals surface area contributed by atoms with E-state index in [4.69, 9.17) is 4.42 Å². The maximum absolute atomic E-state index is 13.0. The van der Waals surface area contributed by atoms with Crippen LogP contribution in [0.1, 0.15) is 41.0 Å². The van der Waals surface area contributed by atoms with Gasteiger partial charge in [0.05, 0.1) is 10.6 Å². The molecule has 0 bridgehead atoms. The van der Waals surface area contributed by atoms with Crippen molar-refractivity contribution in [1.82, 2.24) is 14.8 Å². The summed E-state index contributed by atoms with van der Waals surface area (Å²) >= 11 is 1.59. The molecule has 2 aromatic rings. The maximum atomic E-state index is 13.0. The smallest absolute Gasteiger partial charge is 0.257 e. The summed E-state index contributed by atoms with van der Waals surface area (Å²) in [5.41, 5.74) is 1.45. The number of hydrogen-bond donors (Lipinski definition) is 0. The third-order valence-corrected chi connectivity index (χ3v) is 6.07. The van der Waals surface area contributed by atoms with Crippen molar-refractivity contribution in [2.75, 3.05) is 20.1 Å². The molecule has 0 spiro atoms. The Morgan fingerprint density at radius 2 is 2.08 bits per heavy atom. The minimum atomic E-state index is 0.0970. The molecule has 0 N–H and O–H groups in total. The van der Waals surface area contributed by atoms with Crippen LogP contribution < -0.4 is 0 Å². The summed E-state index contributed by atoms with van der Waals surface area (Å²) in [5, 5.41) is 2.97. The number of aromatic nitrogens is 1. The molecule has 2 aliphatic heterocycles. The zero-order valence-electron chi connectivity index (χ0n) is 14.2. The summed E-state index contributed by atoms with van der Waals surface area (Å²) in [5.74, 6) is 0.774. The van der Waals surface area contributed by atoms with Gasteiger partial charge in [-0.05, 0) is 52.3 Å². The van der Waals surface area contributed by atoms with Crippen molar-refractivity contribution in [3.8, 4) is 11.5 Å². The lowest BCUT2D eigenvalue weighted by atomic mass is 10.0. The van der Waals surface area contributed by atoms with Gasteiger partial charge in [0, 0.05) is 24.0 Å². The predicted molar refractivity (Wildman–Crippen MR) is 94.3 cm³/mol. The number of furan rings is 1. The minimum absolute atomic E-state index is 0.0970. The Bertz CT molecular complexity index is 738. The summed E-state index contributed by atoms with van der Waals surface area (Å²) in [6.45, 7) is 3.96. The Morgan fingerprint density at radius 1 is 1.29 bits per heavy atom. The molecular formula is C18H23N3O2S. The fraction of sp³-hybridized carbons (Fsp3) is 0.556. The monoisotopic (exact) mass is 345 g/mol. The molecule has 0 radical (unpaired) electrons. The maximum Gasteiger partial charge on any atom is 0.257 e. The molecule has 0 aliphatic carbocycles. The van der Waals surface area contributed by atoms with Crippen LogP contribution in [0, 0.1) is 6.92 Å². The molecule has 0 aromatic carbocycles. The summed E-state index contributed by atoms with van der Waals surface area (Å²) in [6, 6.07) is 2.68. The molecule has 24 heavy (non-hydrogen) atoms. The van der Waals surface area contributed by atoms with Crippen LogP contribution in [0.5, 0.6) is 0 Å². The van der Waals surface area contributed by atoms with Crippen LogP contribution in [0.4, 0.5) is 0 Å². The average Bonchev–Trinajstić information content (AvgIpc) is 3.33. The van der Waals surface area contributed by atoms with Gasteiger partial charge >= 0.3 is 0 Å². The Balaban J connectivity index is 1.54. The Hall–Kier alpha value is -1.66. The molecule has 4 heterocycles. The molecule has 6 heteroatoms. The molecule has 0 unspecified atom stereocenters. The van der Waals surface area contributed by atoms with Crippen molar-refractivity contribution < 1.29 is 9.21 Å². The number of likely N-dealkylation sites (tertiary alicyclic amines) is 2. The lowest BCUT2D eigenvalue weighted by molar-refractivity contribution is 0.0663. The van der Waals surface area contributed by atoms with E-state index in [1.54, 1.807) is 17.6 Å². The Labute approximate surface area is 146 Å². The van der Waals surface area contributed by atoms with Gasteiger partial charge in [0.15, 0.2) is 5.76 Å². The summed E-state index contributed by atoms with van der Waals surface area (Å²) in [7, 11) is 2.18. The quantitative estimate of drug-likeness (QED) is 0.855. The number of carbonyl (C=O) groups is 1. The molecule has 2 fully saturated rings. The van der Waals surface area contributed by atoms with E-state index in [-0.39, 0.29) is 5.91 Å². The fourth-order valence-electron chi connectivity index (χ4n) is 4.09. The first-order valence-corrected chi connectivity index (χ1v) is 9.53. The number of likely N-dealkylation sites (N-methyl/N-ethyl adjacent to an activating group) is 1. The van der Waals surface area contributed by atoms with Crippen LogP contribution in [0.25, 0.3) is 11.5 Å². The number of hydrogen-bond acceptors (Lipinski definition) is 5. The van der Waals surface area contributed by atoms with Crippen LogP contribution in [0.15, 0.2) is 22.1 Å². The van der Waals surface area contributed by atoms with Crippen LogP contribution in [-0.2, 0) is 0 Å². The molecule has 2 atom stereocenters. The molecule has 2 aromatic heterocycles. The highest BCUT2D eigenvalue weighted by Crippen LogP contribution is 2.31. The number of aryl methyl sites for hydroxylation is 1. The van der Waals surface area contributed by atoms with Crippen LogP contribution in [0.2, 0.25) is 0 Å². The van der Waals surface area contributed by atoms with Crippen LogP contribution >= 0.6 is 11.3 Å². The average molecular weight is 345 g/mol. The van der Waals surface area contributed by atoms with E-state index in [2.05, 4.69) is 21.8 Å². The Morgan fingerprint density at radius 3 is 2.79 bits per heavy atom. The number of carbonyl (C=O) groups excluding carboxylic acids is 1. The third kappa shape index (κ3) is 2.78. The number of thiazole rings is 1. The van der Waals surface area contributed by atoms with E-state index in [0.29, 0.717) is 23.4 Å². The zero-order valence-corrected chi connectivity index (χ0v) is 15.0.